The Balaban J connectivity index is 2.15. The Morgan fingerprint density at radius 2 is 1.72 bits per heavy atom. The van der Waals surface area contributed by atoms with E-state index in [-0.39, 0.29) is 11.8 Å². The van der Waals surface area contributed by atoms with Crippen LogP contribution in [-0.2, 0) is 22.6 Å². The number of likely N-dealkylation sites (N-methyl/N-ethyl adjacent to an activating group) is 1. The molecule has 1 atom stereocenters. The van der Waals surface area contributed by atoms with Gasteiger partial charge in [-0.05, 0) is 42.4 Å². The summed E-state index contributed by atoms with van der Waals surface area (Å²) in [6.45, 7) is 8.77. The molecule has 0 aliphatic carbocycles. The standard InChI is InChI=1S/C25H34N2O2/c1-6-23(25(29)26-5)27(17-21-9-7-8-19(4)16-21)24(28)15-12-20-10-13-22(14-11-20)18(2)3/h7-11,13-14,16,18,23H,6,12,15,17H2,1-5H3,(H,26,29)/t23-/m1/s1. The lowest BCUT2D eigenvalue weighted by molar-refractivity contribution is -0.141. The maximum absolute atomic E-state index is 13.1. The van der Waals surface area contributed by atoms with E-state index < -0.39 is 6.04 Å². The molecule has 0 aliphatic rings. The monoisotopic (exact) mass is 394 g/mol. The highest BCUT2D eigenvalue weighted by atomic mass is 16.2. The van der Waals surface area contributed by atoms with E-state index in [2.05, 4.69) is 49.5 Å². The zero-order valence-corrected chi connectivity index (χ0v) is 18.4. The lowest BCUT2D eigenvalue weighted by Crippen LogP contribution is -2.48. The number of benzene rings is 2. The Kier molecular flexibility index (Phi) is 8.44. The second-order valence-electron chi connectivity index (χ2n) is 7.95. The average molecular weight is 395 g/mol. The Morgan fingerprint density at radius 3 is 2.28 bits per heavy atom. The molecule has 29 heavy (non-hydrogen) atoms. The molecule has 0 saturated heterocycles. The van der Waals surface area contributed by atoms with Gasteiger partial charge >= 0.3 is 0 Å². The van der Waals surface area contributed by atoms with E-state index in [1.54, 1.807) is 11.9 Å². The fourth-order valence-electron chi connectivity index (χ4n) is 3.56. The van der Waals surface area contributed by atoms with Crippen LogP contribution in [0, 0.1) is 6.92 Å². The average Bonchev–Trinajstić information content (AvgIpc) is 2.71. The Bertz CT molecular complexity index is 812. The third kappa shape index (κ3) is 6.45. The van der Waals surface area contributed by atoms with E-state index in [0.29, 0.717) is 31.7 Å². The van der Waals surface area contributed by atoms with Gasteiger partial charge in [0.25, 0.3) is 0 Å². The van der Waals surface area contributed by atoms with Crippen LogP contribution in [0.4, 0.5) is 0 Å². The van der Waals surface area contributed by atoms with Crippen LogP contribution in [0.5, 0.6) is 0 Å². The minimum Gasteiger partial charge on any atom is -0.357 e. The van der Waals surface area contributed by atoms with Crippen LogP contribution in [0.2, 0.25) is 0 Å². The summed E-state index contributed by atoms with van der Waals surface area (Å²) in [7, 11) is 1.62. The van der Waals surface area contributed by atoms with Gasteiger partial charge in [0, 0.05) is 20.0 Å². The van der Waals surface area contributed by atoms with Crippen molar-refractivity contribution in [2.24, 2.45) is 0 Å². The SMILES string of the molecule is CC[C@H](C(=O)NC)N(Cc1cccc(C)c1)C(=O)CCc1ccc(C(C)C)cc1. The molecule has 0 spiro atoms. The van der Waals surface area contributed by atoms with Gasteiger partial charge in [-0.3, -0.25) is 9.59 Å². The Labute approximate surface area is 175 Å². The van der Waals surface area contributed by atoms with E-state index in [4.69, 9.17) is 0 Å². The molecule has 0 unspecified atom stereocenters. The fourth-order valence-corrected chi connectivity index (χ4v) is 3.56. The van der Waals surface area contributed by atoms with Gasteiger partial charge in [-0.2, -0.15) is 0 Å². The molecule has 0 bridgehead atoms. The summed E-state index contributed by atoms with van der Waals surface area (Å²) >= 11 is 0. The van der Waals surface area contributed by atoms with Crippen molar-refractivity contribution in [1.29, 1.82) is 0 Å². The van der Waals surface area contributed by atoms with Gasteiger partial charge in [0.15, 0.2) is 0 Å². The molecule has 4 nitrogen and oxygen atoms in total. The first-order valence-corrected chi connectivity index (χ1v) is 10.5. The van der Waals surface area contributed by atoms with Gasteiger partial charge < -0.3 is 10.2 Å². The first kappa shape index (κ1) is 22.7. The van der Waals surface area contributed by atoms with Crippen LogP contribution in [0.25, 0.3) is 0 Å². The van der Waals surface area contributed by atoms with E-state index in [1.807, 2.05) is 32.0 Å². The topological polar surface area (TPSA) is 49.4 Å². The van der Waals surface area contributed by atoms with Gasteiger partial charge in [-0.1, -0.05) is 74.9 Å². The maximum Gasteiger partial charge on any atom is 0.242 e. The number of hydrogen-bond donors (Lipinski definition) is 1. The smallest absolute Gasteiger partial charge is 0.242 e. The molecule has 2 rings (SSSR count). The lowest BCUT2D eigenvalue weighted by Gasteiger charge is -2.30. The summed E-state index contributed by atoms with van der Waals surface area (Å²) in [5.74, 6) is 0.387. The second-order valence-corrected chi connectivity index (χ2v) is 7.95. The molecule has 156 valence electrons. The molecule has 1 N–H and O–H groups in total. The van der Waals surface area contributed by atoms with Gasteiger partial charge in [0.2, 0.25) is 11.8 Å². The number of nitrogens with one attached hydrogen (secondary N) is 1. The number of amides is 2. The number of carbonyl (C=O) groups excluding carboxylic acids is 2. The van der Waals surface area contributed by atoms with Crippen molar-refractivity contribution < 1.29 is 9.59 Å². The molecular weight excluding hydrogens is 360 g/mol. The Hall–Kier alpha value is -2.62. The normalized spacial score (nSPS) is 11.9. The van der Waals surface area contributed by atoms with Crippen LogP contribution in [-0.4, -0.2) is 29.8 Å². The lowest BCUT2D eigenvalue weighted by atomic mass is 10.00. The fraction of sp³-hybridized carbons (Fsp3) is 0.440. The van der Waals surface area contributed by atoms with Crippen molar-refractivity contribution in [1.82, 2.24) is 10.2 Å². The summed E-state index contributed by atoms with van der Waals surface area (Å²) in [5.41, 5.74) is 4.63. The molecule has 0 aromatic heterocycles. The zero-order valence-electron chi connectivity index (χ0n) is 18.4. The molecular formula is C25H34N2O2. The molecule has 0 heterocycles. The van der Waals surface area contributed by atoms with Gasteiger partial charge in [0.1, 0.15) is 6.04 Å². The number of carbonyl (C=O) groups is 2. The van der Waals surface area contributed by atoms with Crippen LogP contribution >= 0.6 is 0 Å². The molecule has 0 saturated carbocycles. The molecule has 2 aromatic rings. The van der Waals surface area contributed by atoms with Crippen molar-refractivity contribution in [3.63, 3.8) is 0 Å². The van der Waals surface area contributed by atoms with Crippen molar-refractivity contribution >= 4 is 11.8 Å². The molecule has 2 aromatic carbocycles. The highest BCUT2D eigenvalue weighted by Gasteiger charge is 2.27. The predicted molar refractivity (Wildman–Crippen MR) is 119 cm³/mol. The van der Waals surface area contributed by atoms with Crippen molar-refractivity contribution in [2.45, 2.75) is 65.5 Å². The highest BCUT2D eigenvalue weighted by Crippen LogP contribution is 2.18. The third-order valence-electron chi connectivity index (χ3n) is 5.34. The quantitative estimate of drug-likeness (QED) is 0.675. The van der Waals surface area contributed by atoms with E-state index in [0.717, 1.165) is 16.7 Å². The van der Waals surface area contributed by atoms with E-state index in [1.165, 1.54) is 5.56 Å². The number of aryl methyl sites for hydroxylation is 2. The summed E-state index contributed by atoms with van der Waals surface area (Å²) in [6.07, 6.45) is 1.65. The summed E-state index contributed by atoms with van der Waals surface area (Å²) in [4.78, 5) is 27.3. The maximum atomic E-state index is 13.1. The third-order valence-corrected chi connectivity index (χ3v) is 5.34. The number of nitrogens with zero attached hydrogens (tertiary/aromatic N) is 1. The second kappa shape index (κ2) is 10.8. The highest BCUT2D eigenvalue weighted by molar-refractivity contribution is 5.87. The van der Waals surface area contributed by atoms with Gasteiger partial charge in [0.05, 0.1) is 0 Å². The summed E-state index contributed by atoms with van der Waals surface area (Å²) in [6, 6.07) is 16.1. The van der Waals surface area contributed by atoms with Crippen molar-refractivity contribution in [3.8, 4) is 0 Å². The predicted octanol–water partition coefficient (Wildman–Crippen LogP) is 4.60. The first-order chi connectivity index (χ1) is 13.8. The zero-order chi connectivity index (χ0) is 21.4. The summed E-state index contributed by atoms with van der Waals surface area (Å²) in [5, 5.41) is 2.71. The van der Waals surface area contributed by atoms with Crippen LogP contribution < -0.4 is 5.32 Å². The van der Waals surface area contributed by atoms with Gasteiger partial charge in [-0.15, -0.1) is 0 Å². The summed E-state index contributed by atoms with van der Waals surface area (Å²) < 4.78 is 0. The van der Waals surface area contributed by atoms with E-state index in [9.17, 15) is 9.59 Å². The number of rotatable bonds is 9. The molecule has 0 radical (unpaired) electrons. The van der Waals surface area contributed by atoms with Crippen molar-refractivity contribution in [2.75, 3.05) is 7.05 Å². The van der Waals surface area contributed by atoms with Crippen LogP contribution in [0.3, 0.4) is 0 Å². The molecule has 0 aliphatic heterocycles. The van der Waals surface area contributed by atoms with E-state index >= 15 is 0 Å². The molecule has 0 fully saturated rings. The Morgan fingerprint density at radius 1 is 1.03 bits per heavy atom. The number of hydrogen-bond acceptors (Lipinski definition) is 2. The largest absolute Gasteiger partial charge is 0.357 e. The van der Waals surface area contributed by atoms with Gasteiger partial charge in [-0.25, -0.2) is 0 Å². The van der Waals surface area contributed by atoms with Crippen LogP contribution in [0.15, 0.2) is 48.5 Å². The van der Waals surface area contributed by atoms with Crippen LogP contribution in [0.1, 0.15) is 61.8 Å². The molecule has 2 amide bonds. The first-order valence-electron chi connectivity index (χ1n) is 10.5. The molecule has 4 heteroatoms. The minimum atomic E-state index is -0.462. The van der Waals surface area contributed by atoms with Crippen molar-refractivity contribution in [3.05, 3.63) is 70.8 Å². The minimum absolute atomic E-state index is 0.00916.